The summed E-state index contributed by atoms with van der Waals surface area (Å²) in [6.07, 6.45) is 1.98. The quantitative estimate of drug-likeness (QED) is 0.662. The molecule has 0 unspecified atom stereocenters. The van der Waals surface area contributed by atoms with Gasteiger partial charge < -0.3 is 4.74 Å². The maximum absolute atomic E-state index is 11.6. The monoisotopic (exact) mass is 295 g/mol. The molecule has 0 bridgehead atoms. The van der Waals surface area contributed by atoms with Gasteiger partial charge in [-0.05, 0) is 6.07 Å². The van der Waals surface area contributed by atoms with Crippen LogP contribution in [0.2, 0.25) is 5.02 Å². The first-order valence-electron chi connectivity index (χ1n) is 6.62. The molecule has 5 nitrogen and oxygen atoms in total. The van der Waals surface area contributed by atoms with Crippen molar-refractivity contribution in [2.24, 2.45) is 5.10 Å². The summed E-state index contributed by atoms with van der Waals surface area (Å²) in [7, 11) is 0. The van der Waals surface area contributed by atoms with Crippen molar-refractivity contribution >= 4 is 23.7 Å². The molecule has 0 radical (unpaired) electrons. The van der Waals surface area contributed by atoms with Crippen LogP contribution < -0.4 is 5.43 Å². The molecule has 0 aliphatic carbocycles. The smallest absolute Gasteiger partial charge is 0.241 e. The lowest BCUT2D eigenvalue weighted by Crippen LogP contribution is -2.38. The Balaban J connectivity index is 1.70. The van der Waals surface area contributed by atoms with Crippen LogP contribution in [0.4, 0.5) is 0 Å². The summed E-state index contributed by atoms with van der Waals surface area (Å²) in [6, 6.07) is 7.34. The summed E-state index contributed by atoms with van der Waals surface area (Å²) in [5.41, 5.74) is 3.29. The summed E-state index contributed by atoms with van der Waals surface area (Å²) in [5.74, 6) is -0.0974. The van der Waals surface area contributed by atoms with Gasteiger partial charge in [0, 0.05) is 36.6 Å². The van der Waals surface area contributed by atoms with Crippen LogP contribution in [-0.2, 0) is 9.53 Å². The zero-order valence-electron chi connectivity index (χ0n) is 11.2. The number of halogens is 1. The van der Waals surface area contributed by atoms with Gasteiger partial charge in [0.25, 0.3) is 0 Å². The summed E-state index contributed by atoms with van der Waals surface area (Å²) in [4.78, 5) is 13.9. The van der Waals surface area contributed by atoms with E-state index in [1.807, 2.05) is 18.2 Å². The largest absolute Gasteiger partial charge is 0.379 e. The van der Waals surface area contributed by atoms with Gasteiger partial charge in [-0.25, -0.2) is 5.43 Å². The lowest BCUT2D eigenvalue weighted by atomic mass is 10.2. The van der Waals surface area contributed by atoms with Crippen molar-refractivity contribution in [2.75, 3.05) is 32.8 Å². The van der Waals surface area contributed by atoms with Crippen LogP contribution >= 0.6 is 11.6 Å². The van der Waals surface area contributed by atoms with Gasteiger partial charge >= 0.3 is 0 Å². The molecule has 1 aromatic rings. The number of nitrogens with zero attached hydrogens (tertiary/aromatic N) is 2. The van der Waals surface area contributed by atoms with Crippen molar-refractivity contribution in [3.8, 4) is 0 Å². The number of hydrogen-bond donors (Lipinski definition) is 1. The third kappa shape index (κ3) is 4.92. The number of hydrazone groups is 1. The molecule has 0 saturated carbocycles. The van der Waals surface area contributed by atoms with E-state index in [2.05, 4.69) is 15.4 Å². The first kappa shape index (κ1) is 15.0. The summed E-state index contributed by atoms with van der Waals surface area (Å²) in [6.45, 7) is 3.99. The molecule has 1 heterocycles. The topological polar surface area (TPSA) is 53.9 Å². The van der Waals surface area contributed by atoms with Gasteiger partial charge in [0.1, 0.15) is 0 Å². The van der Waals surface area contributed by atoms with Crippen molar-refractivity contribution in [3.05, 3.63) is 34.9 Å². The number of morpholine rings is 1. The van der Waals surface area contributed by atoms with E-state index in [0.717, 1.165) is 38.4 Å². The van der Waals surface area contributed by atoms with Crippen molar-refractivity contribution in [2.45, 2.75) is 6.42 Å². The van der Waals surface area contributed by atoms with E-state index in [1.54, 1.807) is 12.3 Å². The summed E-state index contributed by atoms with van der Waals surface area (Å²) >= 11 is 5.98. The molecular formula is C14H18ClN3O2. The molecule has 1 aliphatic heterocycles. The molecule has 0 spiro atoms. The molecule has 2 rings (SSSR count). The van der Waals surface area contributed by atoms with Crippen LogP contribution in [0.1, 0.15) is 12.0 Å². The number of carbonyl (C=O) groups is 1. The SMILES string of the molecule is O=C(CCN1CCOCC1)N/N=C\c1ccccc1Cl. The number of carbonyl (C=O) groups excluding carboxylic acids is 1. The van der Waals surface area contributed by atoms with Crippen LogP contribution in [0.25, 0.3) is 0 Å². The zero-order valence-corrected chi connectivity index (χ0v) is 12.0. The van der Waals surface area contributed by atoms with E-state index in [1.165, 1.54) is 0 Å². The Bertz CT molecular complexity index is 473. The average molecular weight is 296 g/mol. The third-order valence-electron chi connectivity index (χ3n) is 3.06. The Morgan fingerprint density at radius 1 is 1.40 bits per heavy atom. The highest BCUT2D eigenvalue weighted by atomic mass is 35.5. The summed E-state index contributed by atoms with van der Waals surface area (Å²) in [5, 5.41) is 4.52. The van der Waals surface area contributed by atoms with Gasteiger partial charge in [-0.2, -0.15) is 5.10 Å². The molecule has 0 atom stereocenters. The minimum absolute atomic E-state index is 0.0974. The van der Waals surface area contributed by atoms with E-state index in [-0.39, 0.29) is 5.91 Å². The number of amides is 1. The second-order valence-corrected chi connectivity index (χ2v) is 4.93. The van der Waals surface area contributed by atoms with Gasteiger partial charge in [0.15, 0.2) is 0 Å². The van der Waals surface area contributed by atoms with Crippen molar-refractivity contribution in [1.29, 1.82) is 0 Å². The Labute approximate surface area is 123 Å². The highest BCUT2D eigenvalue weighted by Crippen LogP contribution is 2.11. The van der Waals surface area contributed by atoms with Crippen molar-refractivity contribution < 1.29 is 9.53 Å². The lowest BCUT2D eigenvalue weighted by Gasteiger charge is -2.25. The van der Waals surface area contributed by atoms with E-state index in [9.17, 15) is 4.79 Å². The van der Waals surface area contributed by atoms with Gasteiger partial charge in [0.05, 0.1) is 19.4 Å². The standard InChI is InChI=1S/C14H18ClN3O2/c15-13-4-2-1-3-12(13)11-16-17-14(19)5-6-18-7-9-20-10-8-18/h1-4,11H,5-10H2,(H,17,19)/b16-11-. The molecule has 1 fully saturated rings. The van der Waals surface area contributed by atoms with E-state index < -0.39 is 0 Å². The van der Waals surface area contributed by atoms with Crippen LogP contribution in [0, 0.1) is 0 Å². The first-order chi connectivity index (χ1) is 9.75. The second kappa shape index (κ2) is 7.99. The van der Waals surface area contributed by atoms with Crippen LogP contribution in [0.15, 0.2) is 29.4 Å². The molecule has 1 aliphatic rings. The fourth-order valence-electron chi connectivity index (χ4n) is 1.89. The average Bonchev–Trinajstić information content (AvgIpc) is 2.48. The fourth-order valence-corrected chi connectivity index (χ4v) is 2.08. The fraction of sp³-hybridized carbons (Fsp3) is 0.429. The van der Waals surface area contributed by atoms with Gasteiger partial charge in [-0.15, -0.1) is 0 Å². The van der Waals surface area contributed by atoms with Gasteiger partial charge in [-0.3, -0.25) is 9.69 Å². The molecule has 0 aromatic heterocycles. The van der Waals surface area contributed by atoms with E-state index in [0.29, 0.717) is 11.4 Å². The number of benzene rings is 1. The second-order valence-electron chi connectivity index (χ2n) is 4.52. The highest BCUT2D eigenvalue weighted by molar-refractivity contribution is 6.33. The van der Waals surface area contributed by atoms with E-state index >= 15 is 0 Å². The minimum Gasteiger partial charge on any atom is -0.379 e. The molecule has 108 valence electrons. The van der Waals surface area contributed by atoms with Crippen molar-refractivity contribution in [3.63, 3.8) is 0 Å². The first-order valence-corrected chi connectivity index (χ1v) is 7.00. The number of ether oxygens (including phenoxy) is 1. The normalized spacial score (nSPS) is 16.4. The Hall–Kier alpha value is -1.43. The number of hydrogen-bond acceptors (Lipinski definition) is 4. The predicted octanol–water partition coefficient (Wildman–Crippen LogP) is 1.51. The molecule has 6 heteroatoms. The van der Waals surface area contributed by atoms with Crippen LogP contribution in [0.5, 0.6) is 0 Å². The maximum atomic E-state index is 11.6. The Kier molecular flexibility index (Phi) is 5.98. The zero-order chi connectivity index (χ0) is 14.2. The Morgan fingerprint density at radius 3 is 2.90 bits per heavy atom. The highest BCUT2D eigenvalue weighted by Gasteiger charge is 2.11. The predicted molar refractivity (Wildman–Crippen MR) is 79.1 cm³/mol. The third-order valence-corrected chi connectivity index (χ3v) is 3.40. The van der Waals surface area contributed by atoms with Crippen LogP contribution in [-0.4, -0.2) is 49.9 Å². The Morgan fingerprint density at radius 2 is 2.15 bits per heavy atom. The minimum atomic E-state index is -0.0974. The van der Waals surface area contributed by atoms with E-state index in [4.69, 9.17) is 16.3 Å². The van der Waals surface area contributed by atoms with Gasteiger partial charge in [-0.1, -0.05) is 29.8 Å². The molecule has 1 N–H and O–H groups in total. The molecule has 1 aromatic carbocycles. The lowest BCUT2D eigenvalue weighted by molar-refractivity contribution is -0.121. The molecule has 1 saturated heterocycles. The number of nitrogens with one attached hydrogen (secondary N) is 1. The van der Waals surface area contributed by atoms with Crippen LogP contribution in [0.3, 0.4) is 0 Å². The molecular weight excluding hydrogens is 278 g/mol. The maximum Gasteiger partial charge on any atom is 0.241 e. The molecule has 20 heavy (non-hydrogen) atoms. The van der Waals surface area contributed by atoms with Gasteiger partial charge in [0.2, 0.25) is 5.91 Å². The summed E-state index contributed by atoms with van der Waals surface area (Å²) < 4.78 is 5.25. The van der Waals surface area contributed by atoms with Crippen molar-refractivity contribution in [1.82, 2.24) is 10.3 Å². The number of rotatable bonds is 5. The molecule has 1 amide bonds.